The fourth-order valence-electron chi connectivity index (χ4n) is 1.37. The number of nitrogens with two attached hydrogens (primary N) is 2. The highest BCUT2D eigenvalue weighted by atomic mass is 16.5. The zero-order chi connectivity index (χ0) is 13.1. The molecule has 0 spiro atoms. The first kappa shape index (κ1) is 11.8. The van der Waals surface area contributed by atoms with Crippen LogP contribution in [0.3, 0.4) is 0 Å². The zero-order valence-electron chi connectivity index (χ0n) is 9.70. The van der Waals surface area contributed by atoms with Gasteiger partial charge in [0.05, 0.1) is 18.4 Å². The zero-order valence-corrected chi connectivity index (χ0v) is 9.70. The summed E-state index contributed by atoms with van der Waals surface area (Å²) in [5, 5.41) is 3.96. The minimum Gasteiger partial charge on any atom is -0.476 e. The van der Waals surface area contributed by atoms with Crippen molar-refractivity contribution in [3.8, 4) is 11.7 Å². The number of carbonyl (C=O) groups excluding carboxylic acids is 1. The van der Waals surface area contributed by atoms with E-state index in [9.17, 15) is 4.79 Å². The summed E-state index contributed by atoms with van der Waals surface area (Å²) in [5.74, 6) is 0.0403. The molecule has 2 aromatic heterocycles. The van der Waals surface area contributed by atoms with Crippen LogP contribution in [0.1, 0.15) is 17.3 Å². The topological polar surface area (TPSA) is 122 Å². The van der Waals surface area contributed by atoms with Gasteiger partial charge in [-0.3, -0.25) is 4.79 Å². The number of hydrogen-bond acceptors (Lipinski definition) is 6. The van der Waals surface area contributed by atoms with Gasteiger partial charge >= 0.3 is 0 Å². The van der Waals surface area contributed by atoms with Gasteiger partial charge in [-0.15, -0.1) is 0 Å². The quantitative estimate of drug-likeness (QED) is 0.768. The van der Waals surface area contributed by atoms with Crippen molar-refractivity contribution in [2.45, 2.75) is 6.92 Å². The van der Waals surface area contributed by atoms with Crippen molar-refractivity contribution in [3.63, 3.8) is 0 Å². The lowest BCUT2D eigenvalue weighted by molar-refractivity contribution is 0.100. The van der Waals surface area contributed by atoms with Crippen LogP contribution in [-0.2, 0) is 0 Å². The minimum absolute atomic E-state index is 0.249. The third-order valence-corrected chi connectivity index (χ3v) is 2.19. The van der Waals surface area contributed by atoms with Crippen LogP contribution in [0.2, 0.25) is 0 Å². The molecule has 4 N–H and O–H groups in total. The van der Waals surface area contributed by atoms with Crippen molar-refractivity contribution in [2.24, 2.45) is 5.73 Å². The van der Waals surface area contributed by atoms with E-state index in [-0.39, 0.29) is 17.1 Å². The molecule has 0 saturated carbocycles. The molecule has 0 radical (unpaired) electrons. The number of hydrogen-bond donors (Lipinski definition) is 2. The van der Waals surface area contributed by atoms with Gasteiger partial charge < -0.3 is 16.2 Å². The Hall–Kier alpha value is -2.64. The van der Waals surface area contributed by atoms with Gasteiger partial charge in [0.2, 0.25) is 5.88 Å². The standard InChI is InChI=1S/C10H12N6O2/c1-2-18-10-7(11)9(13-5-14-10)16-4-6(3-15-16)8(12)17/h3-5H,2,11H2,1H3,(H2,12,17). The van der Waals surface area contributed by atoms with E-state index in [0.29, 0.717) is 12.4 Å². The number of nitrogen functional groups attached to an aromatic ring is 1. The molecule has 0 unspecified atom stereocenters. The van der Waals surface area contributed by atoms with E-state index >= 15 is 0 Å². The van der Waals surface area contributed by atoms with E-state index in [2.05, 4.69) is 15.1 Å². The fraction of sp³-hybridized carbons (Fsp3) is 0.200. The van der Waals surface area contributed by atoms with Crippen molar-refractivity contribution in [3.05, 3.63) is 24.3 Å². The second kappa shape index (κ2) is 4.70. The van der Waals surface area contributed by atoms with Gasteiger partial charge in [0.15, 0.2) is 5.82 Å². The van der Waals surface area contributed by atoms with E-state index in [0.717, 1.165) is 0 Å². The molecule has 0 aliphatic heterocycles. The molecule has 94 valence electrons. The lowest BCUT2D eigenvalue weighted by Crippen LogP contribution is -2.10. The molecule has 8 nitrogen and oxygen atoms in total. The van der Waals surface area contributed by atoms with Crippen LogP contribution >= 0.6 is 0 Å². The lowest BCUT2D eigenvalue weighted by Gasteiger charge is -2.08. The first-order chi connectivity index (χ1) is 8.63. The van der Waals surface area contributed by atoms with Gasteiger partial charge in [-0.2, -0.15) is 10.1 Å². The van der Waals surface area contributed by atoms with Gasteiger partial charge in [0, 0.05) is 6.20 Å². The number of primary amides is 1. The third kappa shape index (κ3) is 2.08. The Morgan fingerprint density at radius 3 is 2.89 bits per heavy atom. The largest absolute Gasteiger partial charge is 0.476 e. The summed E-state index contributed by atoms with van der Waals surface area (Å²) < 4.78 is 6.59. The SMILES string of the molecule is CCOc1ncnc(-n2cc(C(N)=O)cn2)c1N. The summed E-state index contributed by atoms with van der Waals surface area (Å²) in [6, 6.07) is 0. The van der Waals surface area contributed by atoms with E-state index < -0.39 is 5.91 Å². The van der Waals surface area contributed by atoms with Crippen molar-refractivity contribution in [1.82, 2.24) is 19.7 Å². The average molecular weight is 248 g/mol. The number of carbonyl (C=O) groups is 1. The number of amides is 1. The Morgan fingerprint density at radius 1 is 1.50 bits per heavy atom. The van der Waals surface area contributed by atoms with Gasteiger partial charge in [-0.1, -0.05) is 0 Å². The molecule has 2 heterocycles. The molecule has 0 atom stereocenters. The maximum absolute atomic E-state index is 11.0. The smallest absolute Gasteiger partial charge is 0.251 e. The van der Waals surface area contributed by atoms with Crippen LogP contribution < -0.4 is 16.2 Å². The van der Waals surface area contributed by atoms with Crippen LogP contribution in [0.4, 0.5) is 5.69 Å². The van der Waals surface area contributed by atoms with E-state index in [1.807, 2.05) is 6.92 Å². The highest BCUT2D eigenvalue weighted by Gasteiger charge is 2.13. The summed E-state index contributed by atoms with van der Waals surface area (Å²) in [4.78, 5) is 18.9. The molecule has 0 saturated heterocycles. The monoisotopic (exact) mass is 248 g/mol. The minimum atomic E-state index is -0.570. The van der Waals surface area contributed by atoms with Crippen LogP contribution in [0.15, 0.2) is 18.7 Å². The predicted octanol–water partition coefficient (Wildman–Crippen LogP) is -0.258. The van der Waals surface area contributed by atoms with E-state index in [1.165, 1.54) is 23.4 Å². The summed E-state index contributed by atoms with van der Waals surface area (Å²) >= 11 is 0. The van der Waals surface area contributed by atoms with Crippen LogP contribution in [0.5, 0.6) is 5.88 Å². The van der Waals surface area contributed by atoms with Gasteiger partial charge in [0.1, 0.15) is 12.0 Å². The lowest BCUT2D eigenvalue weighted by atomic mass is 10.3. The average Bonchev–Trinajstić information content (AvgIpc) is 2.81. The molecular weight excluding hydrogens is 236 g/mol. The Morgan fingerprint density at radius 2 is 2.28 bits per heavy atom. The molecule has 2 rings (SSSR count). The van der Waals surface area contributed by atoms with Crippen LogP contribution in [0.25, 0.3) is 5.82 Å². The molecule has 0 fully saturated rings. The molecule has 0 aliphatic carbocycles. The Bertz CT molecular complexity index is 579. The maximum atomic E-state index is 11.0. The highest BCUT2D eigenvalue weighted by Crippen LogP contribution is 2.23. The fourth-order valence-corrected chi connectivity index (χ4v) is 1.37. The summed E-state index contributed by atoms with van der Waals surface area (Å²) in [6.07, 6.45) is 4.09. The molecule has 8 heteroatoms. The Balaban J connectivity index is 2.43. The molecule has 18 heavy (non-hydrogen) atoms. The van der Waals surface area contributed by atoms with Crippen molar-refractivity contribution in [1.29, 1.82) is 0 Å². The molecule has 0 aromatic carbocycles. The summed E-state index contributed by atoms with van der Waals surface area (Å²) in [7, 11) is 0. The third-order valence-electron chi connectivity index (χ3n) is 2.19. The van der Waals surface area contributed by atoms with E-state index in [4.69, 9.17) is 16.2 Å². The van der Waals surface area contributed by atoms with Crippen molar-refractivity contribution >= 4 is 11.6 Å². The Labute approximate surface area is 103 Å². The Kier molecular flexibility index (Phi) is 3.09. The number of aromatic nitrogens is 4. The van der Waals surface area contributed by atoms with Crippen LogP contribution in [-0.4, -0.2) is 32.3 Å². The van der Waals surface area contributed by atoms with Gasteiger partial charge in [-0.05, 0) is 6.92 Å². The normalized spacial score (nSPS) is 10.3. The van der Waals surface area contributed by atoms with E-state index in [1.54, 1.807) is 0 Å². The number of anilines is 1. The molecule has 2 aromatic rings. The first-order valence-electron chi connectivity index (χ1n) is 5.21. The summed E-state index contributed by atoms with van der Waals surface area (Å²) in [5.41, 5.74) is 11.5. The number of nitrogens with zero attached hydrogens (tertiary/aromatic N) is 4. The molecule has 0 aliphatic rings. The van der Waals surface area contributed by atoms with Gasteiger partial charge in [-0.25, -0.2) is 9.67 Å². The highest BCUT2D eigenvalue weighted by molar-refractivity contribution is 5.92. The summed E-state index contributed by atoms with van der Waals surface area (Å²) in [6.45, 7) is 2.26. The first-order valence-corrected chi connectivity index (χ1v) is 5.21. The van der Waals surface area contributed by atoms with Crippen LogP contribution in [0, 0.1) is 0 Å². The molecule has 0 bridgehead atoms. The number of ether oxygens (including phenoxy) is 1. The van der Waals surface area contributed by atoms with Crippen molar-refractivity contribution in [2.75, 3.05) is 12.3 Å². The maximum Gasteiger partial charge on any atom is 0.251 e. The van der Waals surface area contributed by atoms with Crippen molar-refractivity contribution < 1.29 is 9.53 Å². The molecule has 1 amide bonds. The van der Waals surface area contributed by atoms with Gasteiger partial charge in [0.25, 0.3) is 5.91 Å². The molecular formula is C10H12N6O2. The second-order valence-electron chi connectivity index (χ2n) is 3.39. The number of rotatable bonds is 4. The second-order valence-corrected chi connectivity index (χ2v) is 3.39. The predicted molar refractivity (Wildman–Crippen MR) is 63.3 cm³/mol.